The van der Waals surface area contributed by atoms with Crippen LogP contribution in [0.25, 0.3) is 11.0 Å². The first-order valence-corrected chi connectivity index (χ1v) is 8.98. The van der Waals surface area contributed by atoms with Crippen molar-refractivity contribution in [1.82, 2.24) is 5.32 Å². The zero-order valence-electron chi connectivity index (χ0n) is 14.8. The number of fused-ring (bicyclic) bond motifs is 1. The van der Waals surface area contributed by atoms with Gasteiger partial charge in [-0.15, -0.1) is 0 Å². The van der Waals surface area contributed by atoms with Crippen LogP contribution in [0.2, 0.25) is 0 Å². The smallest absolute Gasteiger partial charge is 0.336 e. The lowest BCUT2D eigenvalue weighted by atomic mass is 10.1. The van der Waals surface area contributed by atoms with Crippen molar-refractivity contribution in [1.29, 1.82) is 0 Å². The van der Waals surface area contributed by atoms with Crippen LogP contribution in [0.1, 0.15) is 24.1 Å². The first-order valence-electron chi connectivity index (χ1n) is 8.19. The largest absolute Gasteiger partial charge is 0.497 e. The normalized spacial score (nSPS) is 12.2. The van der Waals surface area contributed by atoms with Crippen LogP contribution in [0.5, 0.6) is 11.5 Å². The molecule has 3 aromatic rings. The molecule has 1 N–H and O–H groups in total. The lowest BCUT2D eigenvalue weighted by Gasteiger charge is -2.16. The molecule has 0 fully saturated rings. The van der Waals surface area contributed by atoms with E-state index >= 15 is 0 Å². The molecule has 0 aliphatic rings. The molecule has 0 unspecified atom stereocenters. The maximum absolute atomic E-state index is 11.9. The van der Waals surface area contributed by atoms with Gasteiger partial charge >= 0.3 is 5.63 Å². The summed E-state index contributed by atoms with van der Waals surface area (Å²) in [6, 6.07) is 13.1. The minimum atomic E-state index is -0.373. The van der Waals surface area contributed by atoms with Crippen molar-refractivity contribution in [3.63, 3.8) is 0 Å². The van der Waals surface area contributed by atoms with Crippen molar-refractivity contribution in [3.8, 4) is 11.5 Å². The number of benzene rings is 2. The number of hydrogen-bond donors (Lipinski definition) is 1. The number of halogens is 1. The summed E-state index contributed by atoms with van der Waals surface area (Å²) in [5, 5.41) is 4.34. The predicted octanol–water partition coefficient (Wildman–Crippen LogP) is 4.42. The van der Waals surface area contributed by atoms with Crippen molar-refractivity contribution in [2.24, 2.45) is 0 Å². The minimum absolute atomic E-state index is 0.0951. The second-order valence-corrected chi connectivity index (χ2v) is 6.80. The van der Waals surface area contributed by atoms with Crippen molar-refractivity contribution in [3.05, 3.63) is 68.5 Å². The zero-order valence-corrected chi connectivity index (χ0v) is 16.4. The number of hydrogen-bond acceptors (Lipinski definition) is 5. The first kappa shape index (κ1) is 18.5. The maximum atomic E-state index is 11.9. The van der Waals surface area contributed by atoms with E-state index in [2.05, 4.69) is 28.2 Å². The van der Waals surface area contributed by atoms with Gasteiger partial charge < -0.3 is 19.2 Å². The van der Waals surface area contributed by atoms with Crippen molar-refractivity contribution in [2.45, 2.75) is 19.5 Å². The fraction of sp³-hybridized carbons (Fsp3) is 0.250. The van der Waals surface area contributed by atoms with Gasteiger partial charge in [-0.05, 0) is 58.2 Å². The summed E-state index contributed by atoms with van der Waals surface area (Å²) >= 11 is 3.51. The molecule has 0 saturated carbocycles. The van der Waals surface area contributed by atoms with Crippen LogP contribution in [-0.2, 0) is 6.54 Å². The first-order chi connectivity index (χ1) is 12.5. The van der Waals surface area contributed by atoms with Crippen LogP contribution in [0, 0.1) is 0 Å². The Kier molecular flexibility index (Phi) is 5.64. The lowest BCUT2D eigenvalue weighted by Crippen LogP contribution is -2.19. The van der Waals surface area contributed by atoms with Crippen molar-refractivity contribution in [2.75, 3.05) is 14.2 Å². The summed E-state index contributed by atoms with van der Waals surface area (Å²) in [4.78, 5) is 11.9. The monoisotopic (exact) mass is 417 g/mol. The van der Waals surface area contributed by atoms with E-state index in [1.54, 1.807) is 20.3 Å². The Hall–Kier alpha value is -2.31. The Balaban J connectivity index is 1.83. The van der Waals surface area contributed by atoms with Crippen LogP contribution >= 0.6 is 15.9 Å². The lowest BCUT2D eigenvalue weighted by molar-refractivity contribution is 0.411. The Labute approximate surface area is 160 Å². The molecule has 0 aliphatic heterocycles. The molecule has 2 aromatic carbocycles. The van der Waals surface area contributed by atoms with Gasteiger partial charge in [0.05, 0.1) is 18.7 Å². The van der Waals surface area contributed by atoms with E-state index in [0.29, 0.717) is 17.9 Å². The topological polar surface area (TPSA) is 60.7 Å². The van der Waals surface area contributed by atoms with Gasteiger partial charge in [0.2, 0.25) is 0 Å². The predicted molar refractivity (Wildman–Crippen MR) is 105 cm³/mol. The van der Waals surface area contributed by atoms with Gasteiger partial charge in [-0.25, -0.2) is 4.79 Å². The molecule has 0 bridgehead atoms. The van der Waals surface area contributed by atoms with Crippen molar-refractivity contribution >= 4 is 26.9 Å². The molecule has 5 nitrogen and oxygen atoms in total. The number of rotatable bonds is 6. The summed E-state index contributed by atoms with van der Waals surface area (Å²) in [5.41, 5.74) is 2.15. The summed E-state index contributed by atoms with van der Waals surface area (Å²) in [6.07, 6.45) is 0. The van der Waals surface area contributed by atoms with Gasteiger partial charge in [0, 0.05) is 30.1 Å². The molecule has 3 rings (SSSR count). The second-order valence-electron chi connectivity index (χ2n) is 5.95. The summed E-state index contributed by atoms with van der Waals surface area (Å²) in [7, 11) is 3.22. The molecule has 136 valence electrons. The van der Waals surface area contributed by atoms with Gasteiger partial charge in [0.15, 0.2) is 0 Å². The molecule has 0 saturated heterocycles. The highest BCUT2D eigenvalue weighted by Gasteiger charge is 2.11. The highest BCUT2D eigenvalue weighted by molar-refractivity contribution is 9.10. The van der Waals surface area contributed by atoms with E-state index in [1.165, 1.54) is 6.07 Å². The number of ether oxygens (including phenoxy) is 2. The number of methoxy groups -OCH3 is 2. The van der Waals surface area contributed by atoms with Crippen LogP contribution < -0.4 is 20.4 Å². The van der Waals surface area contributed by atoms with Crippen LogP contribution in [0.15, 0.2) is 56.1 Å². The molecule has 6 heteroatoms. The molecule has 26 heavy (non-hydrogen) atoms. The van der Waals surface area contributed by atoms with Gasteiger partial charge in [0.1, 0.15) is 17.1 Å². The molecule has 1 aromatic heterocycles. The van der Waals surface area contributed by atoms with E-state index in [4.69, 9.17) is 13.9 Å². The van der Waals surface area contributed by atoms with Gasteiger partial charge in [-0.1, -0.05) is 6.07 Å². The van der Waals surface area contributed by atoms with Gasteiger partial charge in [-0.2, -0.15) is 0 Å². The van der Waals surface area contributed by atoms with Gasteiger partial charge in [0.25, 0.3) is 0 Å². The SMILES string of the molecule is COc1ccc2c(CN[C@H](C)c3ccc(OC)c(Br)c3)cc(=O)oc2c1. The van der Waals surface area contributed by atoms with E-state index < -0.39 is 0 Å². The third-order valence-corrected chi connectivity index (χ3v) is 4.93. The molecule has 1 heterocycles. The maximum Gasteiger partial charge on any atom is 0.336 e. The third kappa shape index (κ3) is 3.92. The molecule has 0 amide bonds. The molecule has 0 aliphatic carbocycles. The Morgan fingerprint density at radius 1 is 1.12 bits per heavy atom. The highest BCUT2D eigenvalue weighted by atomic mass is 79.9. The number of nitrogens with one attached hydrogen (secondary N) is 1. The molecule has 1 atom stereocenters. The molecule has 0 spiro atoms. The average Bonchev–Trinajstić information content (AvgIpc) is 2.64. The fourth-order valence-corrected chi connectivity index (χ4v) is 3.37. The van der Waals surface area contributed by atoms with Crippen LogP contribution in [0.3, 0.4) is 0 Å². The van der Waals surface area contributed by atoms with E-state index in [9.17, 15) is 4.79 Å². The summed E-state index contributed by atoms with van der Waals surface area (Å²) in [6.45, 7) is 2.62. The van der Waals surface area contributed by atoms with E-state index in [-0.39, 0.29) is 11.7 Å². The van der Waals surface area contributed by atoms with Gasteiger partial charge in [-0.3, -0.25) is 0 Å². The standard InChI is InChI=1S/C20H20BrNO4/c1-12(13-4-7-18(25-3)17(21)8-13)22-11-14-9-20(23)26-19-10-15(24-2)5-6-16(14)19/h4-10,12,22H,11H2,1-3H3/t12-/m1/s1. The average molecular weight is 418 g/mol. The van der Waals surface area contributed by atoms with E-state index in [1.807, 2.05) is 30.3 Å². The fourth-order valence-electron chi connectivity index (χ4n) is 2.82. The second kappa shape index (κ2) is 7.93. The Bertz CT molecular complexity index is 983. The Morgan fingerprint density at radius 2 is 1.92 bits per heavy atom. The molecular formula is C20H20BrNO4. The highest BCUT2D eigenvalue weighted by Crippen LogP contribution is 2.28. The molecular weight excluding hydrogens is 398 g/mol. The Morgan fingerprint density at radius 3 is 2.62 bits per heavy atom. The summed E-state index contributed by atoms with van der Waals surface area (Å²) in [5.74, 6) is 1.45. The molecule has 0 radical (unpaired) electrons. The quantitative estimate of drug-likeness (QED) is 0.601. The van der Waals surface area contributed by atoms with E-state index in [0.717, 1.165) is 26.7 Å². The van der Waals surface area contributed by atoms with Crippen molar-refractivity contribution < 1.29 is 13.9 Å². The minimum Gasteiger partial charge on any atom is -0.497 e. The van der Waals surface area contributed by atoms with Crippen LogP contribution in [0.4, 0.5) is 0 Å². The zero-order chi connectivity index (χ0) is 18.7. The van der Waals surface area contributed by atoms with Crippen LogP contribution in [-0.4, -0.2) is 14.2 Å². The summed E-state index contributed by atoms with van der Waals surface area (Å²) < 4.78 is 16.7. The third-order valence-electron chi connectivity index (χ3n) is 4.31.